The minimum atomic E-state index is -3.33. The fourth-order valence-electron chi connectivity index (χ4n) is 3.58. The zero-order chi connectivity index (χ0) is 20.9. The van der Waals surface area contributed by atoms with Gasteiger partial charge in [0.05, 0.1) is 19.1 Å². The Bertz CT molecular complexity index is 964. The molecule has 30 heavy (non-hydrogen) atoms. The molecule has 0 radical (unpaired) electrons. The third-order valence-corrected chi connectivity index (χ3v) is 5.63. The third-order valence-electron chi connectivity index (χ3n) is 5.04. The van der Waals surface area contributed by atoms with Crippen LogP contribution in [0.5, 0.6) is 5.75 Å². The highest BCUT2D eigenvalue weighted by molar-refractivity contribution is 14.0. The Balaban J connectivity index is 0.00000320. The molecule has 1 saturated heterocycles. The number of methoxy groups -OCH3 is 1. The van der Waals surface area contributed by atoms with Crippen molar-refractivity contribution in [1.82, 2.24) is 10.2 Å². The van der Waals surface area contributed by atoms with Gasteiger partial charge >= 0.3 is 0 Å². The summed E-state index contributed by atoms with van der Waals surface area (Å²) in [7, 11) is 0.110. The van der Waals surface area contributed by atoms with E-state index in [2.05, 4.69) is 32.1 Å². The molecule has 0 amide bonds. The second-order valence-corrected chi connectivity index (χ2v) is 8.89. The van der Waals surface area contributed by atoms with Crippen molar-refractivity contribution in [3.8, 4) is 5.75 Å². The summed E-state index contributed by atoms with van der Waals surface area (Å²) in [6.07, 6.45) is 2.21. The molecule has 0 spiro atoms. The summed E-state index contributed by atoms with van der Waals surface area (Å²) in [5.74, 6) is 2.12. The van der Waals surface area contributed by atoms with Gasteiger partial charge in [-0.1, -0.05) is 30.3 Å². The monoisotopic (exact) mass is 544 g/mol. The van der Waals surface area contributed by atoms with Crippen molar-refractivity contribution < 1.29 is 13.2 Å². The molecule has 2 aromatic rings. The molecule has 164 valence electrons. The normalized spacial score (nSPS) is 16.7. The van der Waals surface area contributed by atoms with Crippen LogP contribution in [-0.2, 0) is 16.6 Å². The maximum absolute atomic E-state index is 11.6. The summed E-state index contributed by atoms with van der Waals surface area (Å²) in [4.78, 5) is 6.66. The van der Waals surface area contributed by atoms with Crippen LogP contribution in [0.25, 0.3) is 0 Å². The average Bonchev–Trinajstić information content (AvgIpc) is 3.18. The van der Waals surface area contributed by atoms with Crippen molar-refractivity contribution in [2.75, 3.05) is 38.2 Å². The second-order valence-electron chi connectivity index (χ2n) is 7.14. The molecular weight excluding hydrogens is 515 g/mol. The number of nitrogens with one attached hydrogen (secondary N) is 2. The average molecular weight is 544 g/mol. The summed E-state index contributed by atoms with van der Waals surface area (Å²) in [5.41, 5.74) is 2.74. The summed E-state index contributed by atoms with van der Waals surface area (Å²) in [5, 5.41) is 3.37. The van der Waals surface area contributed by atoms with E-state index in [1.807, 2.05) is 30.3 Å². The highest BCUT2D eigenvalue weighted by Crippen LogP contribution is 2.28. The number of guanidine groups is 1. The van der Waals surface area contributed by atoms with Gasteiger partial charge in [0.1, 0.15) is 5.75 Å². The minimum Gasteiger partial charge on any atom is -0.497 e. The number of rotatable bonds is 6. The number of para-hydroxylation sites is 1. The summed E-state index contributed by atoms with van der Waals surface area (Å²) >= 11 is 0. The fourth-order valence-corrected chi connectivity index (χ4v) is 4.18. The topological polar surface area (TPSA) is 83.0 Å². The molecule has 7 nitrogen and oxygen atoms in total. The Kier molecular flexibility index (Phi) is 8.78. The number of ether oxygens (including phenoxy) is 1. The number of sulfonamides is 1. The van der Waals surface area contributed by atoms with Crippen LogP contribution in [0.3, 0.4) is 0 Å². The van der Waals surface area contributed by atoms with Gasteiger partial charge in [0.15, 0.2) is 5.96 Å². The van der Waals surface area contributed by atoms with Crippen LogP contribution >= 0.6 is 24.0 Å². The number of aliphatic imine (C=N–C) groups is 1. The van der Waals surface area contributed by atoms with E-state index >= 15 is 0 Å². The lowest BCUT2D eigenvalue weighted by molar-refractivity contribution is 0.414. The first kappa shape index (κ1) is 24.3. The maximum Gasteiger partial charge on any atom is 0.229 e. The molecule has 0 aromatic heterocycles. The van der Waals surface area contributed by atoms with Gasteiger partial charge in [0, 0.05) is 32.6 Å². The van der Waals surface area contributed by atoms with Gasteiger partial charge in [-0.15, -0.1) is 24.0 Å². The number of anilines is 1. The number of likely N-dealkylation sites (tertiary alicyclic amines) is 1. The van der Waals surface area contributed by atoms with E-state index in [0.29, 0.717) is 18.2 Å². The smallest absolute Gasteiger partial charge is 0.229 e. The molecule has 3 rings (SSSR count). The maximum atomic E-state index is 11.6. The summed E-state index contributed by atoms with van der Waals surface area (Å²) < 4.78 is 31.0. The SMILES string of the molecule is CN=C(NCc1ccccc1NS(C)(=O)=O)N1CCC(c2ccc(OC)cc2)C1.I. The van der Waals surface area contributed by atoms with Gasteiger partial charge < -0.3 is 15.0 Å². The van der Waals surface area contributed by atoms with Crippen LogP contribution in [0.4, 0.5) is 5.69 Å². The van der Waals surface area contributed by atoms with E-state index in [4.69, 9.17) is 4.74 Å². The molecular formula is C21H29IN4O3S. The van der Waals surface area contributed by atoms with Gasteiger partial charge in [-0.25, -0.2) is 8.42 Å². The Hall–Kier alpha value is -2.01. The van der Waals surface area contributed by atoms with Crippen molar-refractivity contribution in [2.24, 2.45) is 4.99 Å². The van der Waals surface area contributed by atoms with Crippen molar-refractivity contribution >= 4 is 45.6 Å². The van der Waals surface area contributed by atoms with Gasteiger partial charge in [0.2, 0.25) is 10.0 Å². The molecule has 9 heteroatoms. The summed E-state index contributed by atoms with van der Waals surface area (Å²) in [6.45, 7) is 2.28. The summed E-state index contributed by atoms with van der Waals surface area (Å²) in [6, 6.07) is 15.6. The lowest BCUT2D eigenvalue weighted by Gasteiger charge is -2.22. The van der Waals surface area contributed by atoms with Crippen LogP contribution in [0.1, 0.15) is 23.5 Å². The van der Waals surface area contributed by atoms with Crippen LogP contribution in [0, 0.1) is 0 Å². The number of hydrogen-bond donors (Lipinski definition) is 2. The molecule has 1 unspecified atom stereocenters. The molecule has 1 fully saturated rings. The molecule has 1 heterocycles. The molecule has 1 aliphatic heterocycles. The highest BCUT2D eigenvalue weighted by Gasteiger charge is 2.26. The van der Waals surface area contributed by atoms with Crippen LogP contribution < -0.4 is 14.8 Å². The van der Waals surface area contributed by atoms with Gasteiger partial charge in [-0.2, -0.15) is 0 Å². The standard InChI is InChI=1S/C21H28N4O3S.HI/c1-22-21(23-14-17-6-4-5-7-20(17)24-29(3,26)27)25-13-12-18(15-25)16-8-10-19(28-2)11-9-16;/h4-11,18,24H,12-15H2,1-3H3,(H,22,23);1H. The molecule has 2 N–H and O–H groups in total. The third kappa shape index (κ3) is 6.49. The number of hydrogen-bond acceptors (Lipinski definition) is 4. The van der Waals surface area contributed by atoms with Crippen LogP contribution in [0.15, 0.2) is 53.5 Å². The van der Waals surface area contributed by atoms with E-state index in [1.54, 1.807) is 20.2 Å². The predicted molar refractivity (Wildman–Crippen MR) is 132 cm³/mol. The molecule has 0 aliphatic carbocycles. The number of halogens is 1. The molecule has 0 saturated carbocycles. The zero-order valence-corrected chi connectivity index (χ0v) is 20.6. The minimum absolute atomic E-state index is 0. The Morgan fingerprint density at radius 1 is 1.20 bits per heavy atom. The van der Waals surface area contributed by atoms with Crippen molar-refractivity contribution in [3.05, 3.63) is 59.7 Å². The van der Waals surface area contributed by atoms with Crippen molar-refractivity contribution in [3.63, 3.8) is 0 Å². The van der Waals surface area contributed by atoms with Crippen molar-refractivity contribution in [1.29, 1.82) is 0 Å². The van der Waals surface area contributed by atoms with E-state index in [9.17, 15) is 8.42 Å². The zero-order valence-electron chi connectivity index (χ0n) is 17.5. The predicted octanol–water partition coefficient (Wildman–Crippen LogP) is 3.25. The second kappa shape index (κ2) is 10.9. The quantitative estimate of drug-likeness (QED) is 0.332. The molecule has 0 bridgehead atoms. The molecule has 2 aromatic carbocycles. The number of benzene rings is 2. The Morgan fingerprint density at radius 3 is 2.53 bits per heavy atom. The van der Waals surface area contributed by atoms with E-state index in [1.165, 1.54) is 5.56 Å². The van der Waals surface area contributed by atoms with E-state index in [0.717, 1.165) is 43.0 Å². The fraction of sp³-hybridized carbons (Fsp3) is 0.381. The first-order valence-corrected chi connectivity index (χ1v) is 11.4. The molecule has 1 aliphatic rings. The van der Waals surface area contributed by atoms with Gasteiger partial charge in [0.25, 0.3) is 0 Å². The van der Waals surface area contributed by atoms with Crippen LogP contribution in [0.2, 0.25) is 0 Å². The highest BCUT2D eigenvalue weighted by atomic mass is 127. The lowest BCUT2D eigenvalue weighted by Crippen LogP contribution is -2.39. The Labute approximate surface area is 196 Å². The first-order chi connectivity index (χ1) is 13.9. The lowest BCUT2D eigenvalue weighted by atomic mass is 9.98. The van der Waals surface area contributed by atoms with E-state index in [-0.39, 0.29) is 24.0 Å². The Morgan fingerprint density at radius 2 is 1.90 bits per heavy atom. The van der Waals surface area contributed by atoms with Crippen molar-refractivity contribution in [2.45, 2.75) is 18.9 Å². The number of nitrogens with zero attached hydrogens (tertiary/aromatic N) is 2. The largest absolute Gasteiger partial charge is 0.497 e. The van der Waals surface area contributed by atoms with Gasteiger partial charge in [-0.05, 0) is 35.7 Å². The van der Waals surface area contributed by atoms with Crippen LogP contribution in [-0.4, -0.2) is 52.8 Å². The molecule has 1 atom stereocenters. The first-order valence-electron chi connectivity index (χ1n) is 9.55. The van der Waals surface area contributed by atoms with Gasteiger partial charge in [-0.3, -0.25) is 9.71 Å². The van der Waals surface area contributed by atoms with E-state index < -0.39 is 10.0 Å².